The summed E-state index contributed by atoms with van der Waals surface area (Å²) >= 11 is 0. The van der Waals surface area contributed by atoms with Crippen molar-refractivity contribution in [3.63, 3.8) is 0 Å². The quantitative estimate of drug-likeness (QED) is 0.849. The standard InChI is InChI=1S/C16H21NO4/c1-11(2)20-9-8-17(3)10-13-12-6-4-5-7-14(12)21-15(13)16(18)19/h4-7,11H,8-10H2,1-3H3,(H,18,19). The first-order chi connectivity index (χ1) is 9.99. The van der Waals surface area contributed by atoms with Crippen LogP contribution in [0.5, 0.6) is 0 Å². The summed E-state index contributed by atoms with van der Waals surface area (Å²) in [7, 11) is 1.94. The Hall–Kier alpha value is -1.85. The molecule has 0 unspecified atom stereocenters. The maximum atomic E-state index is 11.3. The smallest absolute Gasteiger partial charge is 0.372 e. The number of likely N-dealkylation sites (N-methyl/N-ethyl adjacent to an activating group) is 1. The molecule has 0 radical (unpaired) electrons. The summed E-state index contributed by atoms with van der Waals surface area (Å²) < 4.78 is 11.0. The molecule has 0 aliphatic carbocycles. The number of hydrogen-bond donors (Lipinski definition) is 1. The van der Waals surface area contributed by atoms with E-state index in [9.17, 15) is 9.90 Å². The molecule has 0 saturated carbocycles. The van der Waals surface area contributed by atoms with E-state index in [1.807, 2.05) is 44.0 Å². The summed E-state index contributed by atoms with van der Waals surface area (Å²) in [6.07, 6.45) is 0.197. The van der Waals surface area contributed by atoms with Crippen molar-refractivity contribution < 1.29 is 19.1 Å². The fraction of sp³-hybridized carbons (Fsp3) is 0.438. The van der Waals surface area contributed by atoms with Gasteiger partial charge in [0.2, 0.25) is 5.76 Å². The zero-order valence-corrected chi connectivity index (χ0v) is 12.6. The van der Waals surface area contributed by atoms with Gasteiger partial charge in [-0.25, -0.2) is 4.79 Å². The second-order valence-corrected chi connectivity index (χ2v) is 5.37. The highest BCUT2D eigenvalue weighted by molar-refractivity contribution is 5.95. The van der Waals surface area contributed by atoms with E-state index in [-0.39, 0.29) is 11.9 Å². The lowest BCUT2D eigenvalue weighted by molar-refractivity contribution is 0.0620. The van der Waals surface area contributed by atoms with Crippen molar-refractivity contribution in [2.24, 2.45) is 0 Å². The lowest BCUT2D eigenvalue weighted by Gasteiger charge is -2.17. The Morgan fingerprint density at radius 1 is 1.38 bits per heavy atom. The van der Waals surface area contributed by atoms with Crippen molar-refractivity contribution in [2.45, 2.75) is 26.5 Å². The molecule has 1 aromatic carbocycles. The second-order valence-electron chi connectivity index (χ2n) is 5.37. The van der Waals surface area contributed by atoms with Crippen LogP contribution in [0.25, 0.3) is 11.0 Å². The molecule has 0 saturated heterocycles. The molecular weight excluding hydrogens is 270 g/mol. The minimum atomic E-state index is -1.03. The molecule has 0 aliphatic heterocycles. The zero-order valence-electron chi connectivity index (χ0n) is 12.6. The molecule has 1 N–H and O–H groups in total. The van der Waals surface area contributed by atoms with E-state index in [4.69, 9.17) is 9.15 Å². The summed E-state index contributed by atoms with van der Waals surface area (Å²) in [5, 5.41) is 10.1. The van der Waals surface area contributed by atoms with Gasteiger partial charge in [-0.3, -0.25) is 4.90 Å². The van der Waals surface area contributed by atoms with Crippen molar-refractivity contribution in [2.75, 3.05) is 20.2 Å². The highest BCUT2D eigenvalue weighted by Gasteiger charge is 2.20. The van der Waals surface area contributed by atoms with E-state index < -0.39 is 5.97 Å². The SMILES string of the molecule is CC(C)OCCN(C)Cc1c(C(=O)O)oc2ccccc12. The first-order valence-corrected chi connectivity index (χ1v) is 7.03. The van der Waals surface area contributed by atoms with Crippen molar-refractivity contribution in [1.82, 2.24) is 4.90 Å². The van der Waals surface area contributed by atoms with Crippen LogP contribution in [0.3, 0.4) is 0 Å². The predicted molar refractivity (Wildman–Crippen MR) is 80.6 cm³/mol. The van der Waals surface area contributed by atoms with Crippen LogP contribution >= 0.6 is 0 Å². The number of aromatic carboxylic acids is 1. The van der Waals surface area contributed by atoms with E-state index in [0.717, 1.165) is 11.9 Å². The normalized spacial score (nSPS) is 11.7. The molecule has 0 aliphatic rings. The Labute approximate surface area is 124 Å². The Kier molecular flexibility index (Phi) is 4.98. The fourth-order valence-electron chi connectivity index (χ4n) is 2.22. The Balaban J connectivity index is 2.16. The zero-order chi connectivity index (χ0) is 15.4. The largest absolute Gasteiger partial charge is 0.475 e. The van der Waals surface area contributed by atoms with Gasteiger partial charge < -0.3 is 14.3 Å². The first kappa shape index (κ1) is 15.5. The molecule has 1 heterocycles. The van der Waals surface area contributed by atoms with Gasteiger partial charge in [0.1, 0.15) is 5.58 Å². The molecule has 1 aromatic heterocycles. The van der Waals surface area contributed by atoms with Gasteiger partial charge in [-0.15, -0.1) is 0 Å². The molecule has 0 atom stereocenters. The molecule has 2 rings (SSSR count). The molecule has 21 heavy (non-hydrogen) atoms. The van der Waals surface area contributed by atoms with E-state index >= 15 is 0 Å². The van der Waals surface area contributed by atoms with Crippen LogP contribution in [-0.2, 0) is 11.3 Å². The number of carbonyl (C=O) groups is 1. The molecule has 5 heteroatoms. The van der Waals surface area contributed by atoms with Crippen LogP contribution in [-0.4, -0.2) is 42.3 Å². The highest BCUT2D eigenvalue weighted by Crippen LogP contribution is 2.26. The number of benzene rings is 1. The first-order valence-electron chi connectivity index (χ1n) is 7.03. The van der Waals surface area contributed by atoms with Gasteiger partial charge in [0.15, 0.2) is 0 Å². The maximum absolute atomic E-state index is 11.3. The third-order valence-electron chi connectivity index (χ3n) is 3.24. The highest BCUT2D eigenvalue weighted by atomic mass is 16.5. The van der Waals surface area contributed by atoms with Gasteiger partial charge in [0.25, 0.3) is 0 Å². The molecule has 0 bridgehead atoms. The second kappa shape index (κ2) is 6.74. The monoisotopic (exact) mass is 291 g/mol. The average molecular weight is 291 g/mol. The van der Waals surface area contributed by atoms with Crippen LogP contribution in [0.4, 0.5) is 0 Å². The number of carboxylic acid groups (broad SMARTS) is 1. The van der Waals surface area contributed by atoms with Crippen LogP contribution in [0.1, 0.15) is 30.0 Å². The topological polar surface area (TPSA) is 62.9 Å². The summed E-state index contributed by atoms with van der Waals surface area (Å²) in [5.41, 5.74) is 1.32. The van der Waals surface area contributed by atoms with E-state index in [2.05, 4.69) is 0 Å². The van der Waals surface area contributed by atoms with Crippen LogP contribution in [0, 0.1) is 0 Å². The molecule has 0 spiro atoms. The number of nitrogens with zero attached hydrogens (tertiary/aromatic N) is 1. The lowest BCUT2D eigenvalue weighted by atomic mass is 10.1. The average Bonchev–Trinajstić information content (AvgIpc) is 2.77. The van der Waals surface area contributed by atoms with Gasteiger partial charge in [-0.1, -0.05) is 18.2 Å². The summed E-state index contributed by atoms with van der Waals surface area (Å²) in [6.45, 7) is 5.85. The third-order valence-corrected chi connectivity index (χ3v) is 3.24. The van der Waals surface area contributed by atoms with Gasteiger partial charge in [-0.2, -0.15) is 0 Å². The summed E-state index contributed by atoms with van der Waals surface area (Å²) in [5.74, 6) is -1.01. The third kappa shape index (κ3) is 3.83. The van der Waals surface area contributed by atoms with Gasteiger partial charge >= 0.3 is 5.97 Å². The molecule has 5 nitrogen and oxygen atoms in total. The van der Waals surface area contributed by atoms with Crippen LogP contribution in [0.2, 0.25) is 0 Å². The Bertz CT molecular complexity index is 618. The van der Waals surface area contributed by atoms with Gasteiger partial charge in [0, 0.05) is 24.0 Å². The predicted octanol–water partition coefficient (Wildman–Crippen LogP) is 2.99. The summed E-state index contributed by atoms with van der Waals surface area (Å²) in [6, 6.07) is 7.39. The minimum absolute atomic E-state index is 0.0211. The summed E-state index contributed by atoms with van der Waals surface area (Å²) in [4.78, 5) is 13.4. The van der Waals surface area contributed by atoms with Crippen molar-refractivity contribution in [3.05, 3.63) is 35.6 Å². The van der Waals surface area contributed by atoms with E-state index in [0.29, 0.717) is 24.3 Å². The number of rotatable bonds is 7. The number of furan rings is 1. The molecule has 114 valence electrons. The number of para-hydroxylation sites is 1. The number of fused-ring (bicyclic) bond motifs is 1. The van der Waals surface area contributed by atoms with E-state index in [1.54, 1.807) is 6.07 Å². The molecular formula is C16H21NO4. The molecule has 0 fully saturated rings. The number of carboxylic acids is 1. The molecule has 0 amide bonds. The van der Waals surface area contributed by atoms with Crippen molar-refractivity contribution in [3.8, 4) is 0 Å². The Morgan fingerprint density at radius 3 is 2.76 bits per heavy atom. The van der Waals surface area contributed by atoms with Crippen LogP contribution in [0.15, 0.2) is 28.7 Å². The minimum Gasteiger partial charge on any atom is -0.475 e. The van der Waals surface area contributed by atoms with Crippen molar-refractivity contribution in [1.29, 1.82) is 0 Å². The molecule has 2 aromatic rings. The maximum Gasteiger partial charge on any atom is 0.372 e. The van der Waals surface area contributed by atoms with E-state index in [1.165, 1.54) is 0 Å². The fourth-order valence-corrected chi connectivity index (χ4v) is 2.22. The van der Waals surface area contributed by atoms with Gasteiger partial charge in [-0.05, 0) is 27.0 Å². The number of ether oxygens (including phenoxy) is 1. The Morgan fingerprint density at radius 2 is 2.10 bits per heavy atom. The van der Waals surface area contributed by atoms with Crippen molar-refractivity contribution >= 4 is 16.9 Å². The number of hydrogen-bond acceptors (Lipinski definition) is 4. The van der Waals surface area contributed by atoms with Crippen LogP contribution < -0.4 is 0 Å². The van der Waals surface area contributed by atoms with Gasteiger partial charge in [0.05, 0.1) is 12.7 Å². The lowest BCUT2D eigenvalue weighted by Crippen LogP contribution is -2.24.